The second-order valence-corrected chi connectivity index (χ2v) is 10.4. The lowest BCUT2D eigenvalue weighted by Gasteiger charge is -2.41. The molecule has 13 heteroatoms. The molecular formula is C27H35F3N8O2. The molecule has 40 heavy (non-hydrogen) atoms. The first-order valence-corrected chi connectivity index (χ1v) is 13.4. The van der Waals surface area contributed by atoms with Crippen LogP contribution in [-0.4, -0.2) is 86.1 Å². The number of likely N-dealkylation sites (N-methyl/N-ethyl adjacent to an activating group) is 1. The molecule has 10 nitrogen and oxygen atoms in total. The van der Waals surface area contributed by atoms with Gasteiger partial charge in [0.15, 0.2) is 0 Å². The van der Waals surface area contributed by atoms with Gasteiger partial charge in [-0.05, 0) is 30.5 Å². The predicted octanol–water partition coefficient (Wildman–Crippen LogP) is 3.41. The van der Waals surface area contributed by atoms with Gasteiger partial charge in [-0.2, -0.15) is 18.3 Å². The first-order valence-electron chi connectivity index (χ1n) is 13.4. The van der Waals surface area contributed by atoms with Crippen LogP contribution in [0.4, 0.5) is 29.3 Å². The van der Waals surface area contributed by atoms with Gasteiger partial charge >= 0.3 is 12.2 Å². The number of amidine groups is 1. The summed E-state index contributed by atoms with van der Waals surface area (Å²) in [5.74, 6) is 0.0970. The van der Waals surface area contributed by atoms with Crippen LogP contribution in [0.3, 0.4) is 0 Å². The smallest absolute Gasteiger partial charge is 0.385 e. The number of anilines is 2. The number of amides is 2. The molecule has 5 rings (SSSR count). The van der Waals surface area contributed by atoms with E-state index in [0.29, 0.717) is 61.8 Å². The maximum absolute atomic E-state index is 14.4. The molecule has 1 fully saturated rings. The van der Waals surface area contributed by atoms with Gasteiger partial charge in [-0.15, -0.1) is 0 Å². The van der Waals surface area contributed by atoms with Crippen LogP contribution in [0, 0.1) is 5.41 Å². The third-order valence-electron chi connectivity index (χ3n) is 7.80. The standard InChI is InChI=1S/C27H35F3N8O2/c1-32-26(39)37-7-4-22(34-18-5-10-40-11-6-18)20(16-37)25(31)38-9-8-35(2)23-12-19(17-14-33-36(3)15-17)21(13-24(23)38)27(28,29)30/h12-15,18,31,34H,4-11,16H2,1-3H3,(H,32,39). The van der Waals surface area contributed by atoms with Gasteiger partial charge in [0.25, 0.3) is 0 Å². The van der Waals surface area contributed by atoms with Crippen molar-refractivity contribution in [1.82, 2.24) is 25.3 Å². The molecule has 0 saturated carbocycles. The zero-order valence-corrected chi connectivity index (χ0v) is 22.9. The molecule has 2 aromatic rings. The van der Waals surface area contributed by atoms with Crippen molar-refractivity contribution in [1.29, 1.82) is 5.41 Å². The first-order chi connectivity index (χ1) is 19.1. The Balaban J connectivity index is 1.57. The highest BCUT2D eigenvalue weighted by atomic mass is 19.4. The molecule has 3 aliphatic rings. The van der Waals surface area contributed by atoms with Gasteiger partial charge in [-0.3, -0.25) is 10.1 Å². The minimum Gasteiger partial charge on any atom is -0.385 e. The van der Waals surface area contributed by atoms with Crippen molar-refractivity contribution in [3.8, 4) is 11.1 Å². The summed E-state index contributed by atoms with van der Waals surface area (Å²) in [6.07, 6.45) is 0.554. The predicted molar refractivity (Wildman–Crippen MR) is 147 cm³/mol. The molecule has 3 N–H and O–H groups in total. The number of halogens is 3. The van der Waals surface area contributed by atoms with Crippen LogP contribution in [0.25, 0.3) is 11.1 Å². The van der Waals surface area contributed by atoms with Gasteiger partial charge in [0, 0.05) is 89.5 Å². The number of rotatable bonds is 4. The van der Waals surface area contributed by atoms with E-state index < -0.39 is 11.7 Å². The van der Waals surface area contributed by atoms with E-state index in [-0.39, 0.29) is 30.0 Å². The van der Waals surface area contributed by atoms with E-state index in [4.69, 9.17) is 4.74 Å². The third-order valence-corrected chi connectivity index (χ3v) is 7.80. The number of carbonyl (C=O) groups excluding carboxylic acids is 1. The summed E-state index contributed by atoms with van der Waals surface area (Å²) in [6, 6.07) is 2.61. The molecule has 0 radical (unpaired) electrons. The summed E-state index contributed by atoms with van der Waals surface area (Å²) < 4.78 is 50.2. The Kier molecular flexibility index (Phi) is 7.67. The summed E-state index contributed by atoms with van der Waals surface area (Å²) in [6.45, 7) is 2.81. The molecule has 0 atom stereocenters. The van der Waals surface area contributed by atoms with Crippen LogP contribution in [0.5, 0.6) is 0 Å². The molecular weight excluding hydrogens is 525 g/mol. The Hall–Kier alpha value is -3.74. The maximum atomic E-state index is 14.4. The number of nitrogens with zero attached hydrogens (tertiary/aromatic N) is 5. The maximum Gasteiger partial charge on any atom is 0.417 e. The Morgan fingerprint density at radius 2 is 1.88 bits per heavy atom. The van der Waals surface area contributed by atoms with Crippen LogP contribution >= 0.6 is 0 Å². The van der Waals surface area contributed by atoms with Crippen LogP contribution in [0.15, 0.2) is 35.8 Å². The van der Waals surface area contributed by atoms with E-state index in [1.807, 2.05) is 11.9 Å². The Bertz CT molecular complexity index is 1320. The topological polar surface area (TPSA) is 102 Å². The Morgan fingerprint density at radius 1 is 1.12 bits per heavy atom. The molecule has 1 aromatic carbocycles. The number of alkyl halides is 3. The number of carbonyl (C=O) groups is 1. The van der Waals surface area contributed by atoms with Crippen molar-refractivity contribution in [3.05, 3.63) is 41.4 Å². The number of hydrogen-bond acceptors (Lipinski definition) is 6. The van der Waals surface area contributed by atoms with Crippen molar-refractivity contribution >= 4 is 23.2 Å². The molecule has 0 bridgehead atoms. The van der Waals surface area contributed by atoms with Crippen molar-refractivity contribution in [2.45, 2.75) is 31.5 Å². The quantitative estimate of drug-likeness (QED) is 0.392. The Labute approximate surface area is 231 Å². The van der Waals surface area contributed by atoms with Gasteiger partial charge in [0.2, 0.25) is 0 Å². The van der Waals surface area contributed by atoms with Gasteiger partial charge in [-0.1, -0.05) is 0 Å². The minimum absolute atomic E-state index is 0.0455. The van der Waals surface area contributed by atoms with E-state index in [9.17, 15) is 23.4 Å². The van der Waals surface area contributed by atoms with E-state index in [2.05, 4.69) is 15.7 Å². The number of aromatic nitrogens is 2. The second-order valence-electron chi connectivity index (χ2n) is 10.4. The fourth-order valence-corrected chi connectivity index (χ4v) is 5.58. The molecule has 3 aliphatic heterocycles. The monoisotopic (exact) mass is 560 g/mol. The summed E-state index contributed by atoms with van der Waals surface area (Å²) in [5, 5.41) is 19.6. The van der Waals surface area contributed by atoms with Crippen LogP contribution in [0.1, 0.15) is 24.8 Å². The fourth-order valence-electron chi connectivity index (χ4n) is 5.58. The van der Waals surface area contributed by atoms with E-state index in [1.54, 1.807) is 36.2 Å². The fraction of sp³-hybridized carbons (Fsp3) is 0.519. The van der Waals surface area contributed by atoms with Crippen molar-refractivity contribution < 1.29 is 22.7 Å². The van der Waals surface area contributed by atoms with E-state index in [0.717, 1.165) is 24.6 Å². The van der Waals surface area contributed by atoms with Gasteiger partial charge in [-0.25, -0.2) is 4.79 Å². The van der Waals surface area contributed by atoms with Gasteiger partial charge in [0.1, 0.15) is 5.84 Å². The van der Waals surface area contributed by atoms with E-state index in [1.165, 1.54) is 10.9 Å². The van der Waals surface area contributed by atoms with Crippen LogP contribution in [0.2, 0.25) is 0 Å². The number of aryl methyl sites for hydroxylation is 1. The average Bonchev–Trinajstić information content (AvgIpc) is 3.38. The highest BCUT2D eigenvalue weighted by Gasteiger charge is 2.38. The average molecular weight is 561 g/mol. The molecule has 0 spiro atoms. The number of nitrogens with one attached hydrogen (secondary N) is 3. The SMILES string of the molecule is CNC(=O)N1CCC(NC2CCOCC2)=C(C(=N)N2CCN(C)c3cc(-c4cnn(C)c4)c(C(F)(F)F)cc32)C1. The van der Waals surface area contributed by atoms with E-state index >= 15 is 0 Å². The third kappa shape index (κ3) is 5.47. The molecule has 2 amide bonds. The zero-order valence-electron chi connectivity index (χ0n) is 22.9. The molecule has 216 valence electrons. The zero-order chi connectivity index (χ0) is 28.6. The van der Waals surface area contributed by atoms with Crippen LogP contribution < -0.4 is 20.4 Å². The highest BCUT2D eigenvalue weighted by Crippen LogP contribution is 2.45. The van der Waals surface area contributed by atoms with Crippen molar-refractivity contribution in [3.63, 3.8) is 0 Å². The number of hydrogen-bond donors (Lipinski definition) is 3. The second kappa shape index (κ2) is 11.0. The van der Waals surface area contributed by atoms with Gasteiger partial charge in [0.05, 0.1) is 29.7 Å². The number of fused-ring (bicyclic) bond motifs is 1. The van der Waals surface area contributed by atoms with Crippen molar-refractivity contribution in [2.24, 2.45) is 7.05 Å². The molecule has 1 saturated heterocycles. The lowest BCUT2D eigenvalue weighted by atomic mass is 9.96. The molecule has 0 aliphatic carbocycles. The number of urea groups is 1. The first kappa shape index (κ1) is 27.8. The van der Waals surface area contributed by atoms with Crippen LogP contribution in [-0.2, 0) is 18.0 Å². The summed E-state index contributed by atoms with van der Waals surface area (Å²) in [4.78, 5) is 17.7. The molecule has 4 heterocycles. The summed E-state index contributed by atoms with van der Waals surface area (Å²) in [7, 11) is 5.06. The van der Waals surface area contributed by atoms with Gasteiger partial charge < -0.3 is 30.1 Å². The van der Waals surface area contributed by atoms with Crippen molar-refractivity contribution in [2.75, 3.05) is 63.3 Å². The molecule has 0 unspecified atom stereocenters. The number of benzene rings is 1. The largest absolute Gasteiger partial charge is 0.417 e. The summed E-state index contributed by atoms with van der Waals surface area (Å²) in [5.41, 5.74) is 2.02. The molecule has 1 aromatic heterocycles. The number of ether oxygens (including phenoxy) is 1. The summed E-state index contributed by atoms with van der Waals surface area (Å²) >= 11 is 0. The Morgan fingerprint density at radius 3 is 2.52 bits per heavy atom. The lowest BCUT2D eigenvalue weighted by molar-refractivity contribution is -0.137. The lowest BCUT2D eigenvalue weighted by Crippen LogP contribution is -2.50. The normalized spacial score (nSPS) is 18.6. The highest BCUT2D eigenvalue weighted by molar-refractivity contribution is 6.11. The minimum atomic E-state index is -4.61.